The van der Waals surface area contributed by atoms with Crippen LogP contribution in [-0.4, -0.2) is 37.0 Å². The Kier molecular flexibility index (Phi) is 9.75. The number of hydrogen-bond acceptors (Lipinski definition) is 3. The summed E-state index contributed by atoms with van der Waals surface area (Å²) in [5, 5.41) is 5.61. The molecule has 2 aromatic carbocycles. The number of nitrogen functional groups attached to an aromatic ring is 1. The van der Waals surface area contributed by atoms with Gasteiger partial charge in [0, 0.05) is 38.8 Å². The van der Waals surface area contributed by atoms with Crippen LogP contribution in [0.3, 0.4) is 0 Å². The van der Waals surface area contributed by atoms with Crippen molar-refractivity contribution >= 4 is 30.0 Å². The Balaban J connectivity index is 0.00000364. The predicted octanol–water partition coefficient (Wildman–Crippen LogP) is 2.58. The highest BCUT2D eigenvalue weighted by Gasteiger charge is 2.09. The molecule has 0 saturated heterocycles. The summed E-state index contributed by atoms with van der Waals surface area (Å²) in [6.45, 7) is 1.40. The van der Waals surface area contributed by atoms with Crippen LogP contribution in [-0.2, 0) is 17.8 Å². The molecule has 0 unspecified atom stereocenters. The van der Waals surface area contributed by atoms with E-state index in [0.717, 1.165) is 23.2 Å². The van der Waals surface area contributed by atoms with Gasteiger partial charge in [-0.1, -0.05) is 42.5 Å². The maximum absolute atomic E-state index is 12.0. The third kappa shape index (κ3) is 8.46. The zero-order chi connectivity index (χ0) is 18.8. The average molecular weight is 391 g/mol. The van der Waals surface area contributed by atoms with E-state index in [-0.39, 0.29) is 30.8 Å². The van der Waals surface area contributed by atoms with Crippen molar-refractivity contribution in [1.29, 1.82) is 0 Å². The highest BCUT2D eigenvalue weighted by molar-refractivity contribution is 5.85. The maximum atomic E-state index is 12.0. The minimum absolute atomic E-state index is 0. The first-order chi connectivity index (χ1) is 12.5. The van der Waals surface area contributed by atoms with E-state index in [1.165, 1.54) is 0 Å². The number of rotatable bonds is 8. The van der Waals surface area contributed by atoms with Gasteiger partial charge in [-0.15, -0.1) is 12.4 Å². The zero-order valence-corrected chi connectivity index (χ0v) is 16.3. The Morgan fingerprint density at radius 3 is 2.26 bits per heavy atom. The number of anilines is 1. The molecule has 0 fully saturated rings. The summed E-state index contributed by atoms with van der Waals surface area (Å²) in [7, 11) is 1.73. The second-order valence-electron chi connectivity index (χ2n) is 6.17. The molecule has 0 bridgehead atoms. The molecule has 2 rings (SSSR count). The molecular weight excluding hydrogens is 364 g/mol. The first kappa shape index (κ1) is 22.3. The number of amides is 3. The second kappa shape index (κ2) is 11.8. The zero-order valence-electron chi connectivity index (χ0n) is 15.5. The van der Waals surface area contributed by atoms with Crippen LogP contribution in [0, 0.1) is 0 Å². The Bertz CT molecular complexity index is 708. The van der Waals surface area contributed by atoms with E-state index in [9.17, 15) is 9.59 Å². The summed E-state index contributed by atoms with van der Waals surface area (Å²) in [4.78, 5) is 25.5. The van der Waals surface area contributed by atoms with Crippen molar-refractivity contribution in [2.24, 2.45) is 0 Å². The Morgan fingerprint density at radius 1 is 0.926 bits per heavy atom. The van der Waals surface area contributed by atoms with E-state index in [2.05, 4.69) is 10.6 Å². The lowest BCUT2D eigenvalue weighted by Gasteiger charge is -2.18. The molecule has 4 N–H and O–H groups in total. The molecule has 0 aromatic heterocycles. The normalized spacial score (nSPS) is 9.81. The number of nitrogens with one attached hydrogen (secondary N) is 2. The number of halogens is 1. The van der Waals surface area contributed by atoms with Crippen molar-refractivity contribution in [1.82, 2.24) is 15.5 Å². The molecule has 7 heteroatoms. The molecule has 2 aromatic rings. The van der Waals surface area contributed by atoms with Gasteiger partial charge in [-0.2, -0.15) is 0 Å². The molecule has 0 saturated carbocycles. The fourth-order valence-corrected chi connectivity index (χ4v) is 2.47. The molecule has 3 amide bonds. The standard InChI is InChI=1S/C20H26N4O2.ClH/c1-24(15-17-5-3-2-4-6-17)20(26)23-14-12-19(25)22-13-11-16-7-9-18(21)10-8-16;/h2-10H,11-15,21H2,1H3,(H,22,25)(H,23,26);1H. The van der Waals surface area contributed by atoms with Gasteiger partial charge in [0.05, 0.1) is 0 Å². The topological polar surface area (TPSA) is 87.5 Å². The highest BCUT2D eigenvalue weighted by atomic mass is 35.5. The molecule has 146 valence electrons. The molecule has 0 radical (unpaired) electrons. The average Bonchev–Trinajstić information content (AvgIpc) is 2.64. The smallest absolute Gasteiger partial charge is 0.317 e. The Hall–Kier alpha value is -2.73. The number of hydrogen-bond donors (Lipinski definition) is 3. The SMILES string of the molecule is CN(Cc1ccccc1)C(=O)NCCC(=O)NCCc1ccc(N)cc1.Cl. The fourth-order valence-electron chi connectivity index (χ4n) is 2.47. The minimum Gasteiger partial charge on any atom is -0.399 e. The lowest BCUT2D eigenvalue weighted by Crippen LogP contribution is -2.39. The summed E-state index contributed by atoms with van der Waals surface area (Å²) in [5.74, 6) is -0.0774. The number of carbonyl (C=O) groups excluding carboxylic acids is 2. The van der Waals surface area contributed by atoms with E-state index in [0.29, 0.717) is 19.6 Å². The van der Waals surface area contributed by atoms with Crippen LogP contribution in [0.1, 0.15) is 17.5 Å². The Morgan fingerprint density at radius 2 is 1.59 bits per heavy atom. The third-order valence-electron chi connectivity index (χ3n) is 3.95. The van der Waals surface area contributed by atoms with Crippen LogP contribution in [0.15, 0.2) is 54.6 Å². The van der Waals surface area contributed by atoms with Gasteiger partial charge >= 0.3 is 6.03 Å². The summed E-state index contributed by atoms with van der Waals surface area (Å²) >= 11 is 0. The number of nitrogens with zero attached hydrogens (tertiary/aromatic N) is 1. The van der Waals surface area contributed by atoms with E-state index in [1.54, 1.807) is 11.9 Å². The van der Waals surface area contributed by atoms with Crippen molar-refractivity contribution in [2.75, 3.05) is 25.9 Å². The van der Waals surface area contributed by atoms with Crippen LogP contribution in [0.5, 0.6) is 0 Å². The van der Waals surface area contributed by atoms with E-state index >= 15 is 0 Å². The van der Waals surface area contributed by atoms with Crippen molar-refractivity contribution in [2.45, 2.75) is 19.4 Å². The van der Waals surface area contributed by atoms with E-state index < -0.39 is 0 Å². The molecular formula is C20H27ClN4O2. The largest absolute Gasteiger partial charge is 0.399 e. The minimum atomic E-state index is -0.191. The van der Waals surface area contributed by atoms with Gasteiger partial charge in [-0.05, 0) is 29.7 Å². The monoisotopic (exact) mass is 390 g/mol. The summed E-state index contributed by atoms with van der Waals surface area (Å²) in [6, 6.07) is 17.2. The van der Waals surface area contributed by atoms with Crippen LogP contribution >= 0.6 is 12.4 Å². The fraction of sp³-hybridized carbons (Fsp3) is 0.300. The van der Waals surface area contributed by atoms with E-state index in [4.69, 9.17) is 5.73 Å². The molecule has 0 spiro atoms. The molecule has 0 heterocycles. The molecule has 27 heavy (non-hydrogen) atoms. The van der Waals surface area contributed by atoms with Crippen LogP contribution in [0.25, 0.3) is 0 Å². The highest BCUT2D eigenvalue weighted by Crippen LogP contribution is 2.05. The van der Waals surface area contributed by atoms with Crippen molar-refractivity contribution in [3.63, 3.8) is 0 Å². The van der Waals surface area contributed by atoms with E-state index in [1.807, 2.05) is 54.6 Å². The molecule has 0 aliphatic carbocycles. The maximum Gasteiger partial charge on any atom is 0.317 e. The molecule has 0 aliphatic rings. The number of carbonyl (C=O) groups is 2. The van der Waals surface area contributed by atoms with Crippen LogP contribution in [0.2, 0.25) is 0 Å². The number of urea groups is 1. The van der Waals surface area contributed by atoms with Crippen molar-refractivity contribution in [3.8, 4) is 0 Å². The third-order valence-corrected chi connectivity index (χ3v) is 3.95. The first-order valence-corrected chi connectivity index (χ1v) is 8.68. The van der Waals surface area contributed by atoms with Gasteiger partial charge < -0.3 is 21.3 Å². The van der Waals surface area contributed by atoms with Gasteiger partial charge in [0.25, 0.3) is 0 Å². The second-order valence-corrected chi connectivity index (χ2v) is 6.17. The van der Waals surface area contributed by atoms with Gasteiger partial charge in [-0.3, -0.25) is 4.79 Å². The van der Waals surface area contributed by atoms with Gasteiger partial charge in [0.2, 0.25) is 5.91 Å². The quantitative estimate of drug-likeness (QED) is 0.605. The number of nitrogens with two attached hydrogens (primary N) is 1. The lowest BCUT2D eigenvalue weighted by molar-refractivity contribution is -0.120. The Labute approximate surface area is 166 Å². The van der Waals surface area contributed by atoms with Crippen LogP contribution < -0.4 is 16.4 Å². The molecule has 0 aliphatic heterocycles. The van der Waals surface area contributed by atoms with Crippen LogP contribution in [0.4, 0.5) is 10.5 Å². The van der Waals surface area contributed by atoms with Gasteiger partial charge in [0.15, 0.2) is 0 Å². The molecule has 0 atom stereocenters. The first-order valence-electron chi connectivity index (χ1n) is 8.68. The summed E-state index contributed by atoms with van der Waals surface area (Å²) in [6.07, 6.45) is 1.00. The van der Waals surface area contributed by atoms with Crippen molar-refractivity contribution in [3.05, 3.63) is 65.7 Å². The summed E-state index contributed by atoms with van der Waals surface area (Å²) < 4.78 is 0. The predicted molar refractivity (Wildman–Crippen MR) is 111 cm³/mol. The van der Waals surface area contributed by atoms with Gasteiger partial charge in [-0.25, -0.2) is 4.79 Å². The van der Waals surface area contributed by atoms with Gasteiger partial charge in [0.1, 0.15) is 0 Å². The van der Waals surface area contributed by atoms with Crippen molar-refractivity contribution < 1.29 is 9.59 Å². The number of benzene rings is 2. The molecule has 6 nitrogen and oxygen atoms in total. The lowest BCUT2D eigenvalue weighted by atomic mass is 10.1. The summed E-state index contributed by atoms with van der Waals surface area (Å²) in [5.41, 5.74) is 8.55.